The Morgan fingerprint density at radius 2 is 2.36 bits per heavy atom. The van der Waals surface area contributed by atoms with Crippen LogP contribution in [0.1, 0.15) is 12.0 Å². The van der Waals surface area contributed by atoms with Gasteiger partial charge in [-0.1, -0.05) is 0 Å². The van der Waals surface area contributed by atoms with Crippen LogP contribution in [-0.2, 0) is 0 Å². The maximum absolute atomic E-state index is 9.08. The van der Waals surface area contributed by atoms with E-state index in [0.717, 1.165) is 18.8 Å². The van der Waals surface area contributed by atoms with Crippen molar-refractivity contribution in [1.29, 1.82) is 5.26 Å². The number of nitrogen functional groups attached to an aromatic ring is 1. The van der Waals surface area contributed by atoms with Gasteiger partial charge in [0.05, 0.1) is 18.3 Å². The lowest BCUT2D eigenvalue weighted by atomic mass is 10.2. The number of hydrogen-bond acceptors (Lipinski definition) is 8. The summed E-state index contributed by atoms with van der Waals surface area (Å²) < 4.78 is 5.90. The van der Waals surface area contributed by atoms with Gasteiger partial charge in [0.2, 0.25) is 0 Å². The van der Waals surface area contributed by atoms with Crippen LogP contribution < -0.4 is 20.9 Å². The molecule has 0 bridgehead atoms. The Morgan fingerprint density at radius 1 is 1.45 bits per heavy atom. The largest absolute Gasteiger partial charge is 0.485 e. The molecule has 0 aliphatic carbocycles. The van der Waals surface area contributed by atoms with Crippen LogP contribution in [0.4, 0.5) is 11.6 Å². The summed E-state index contributed by atoms with van der Waals surface area (Å²) in [4.78, 5) is 14.3. The maximum atomic E-state index is 9.08. The molecule has 8 nitrogen and oxygen atoms in total. The number of nitrogens with zero attached hydrogens (tertiary/aromatic N) is 5. The molecule has 1 atom stereocenters. The Morgan fingerprint density at radius 3 is 3.18 bits per heavy atom. The van der Waals surface area contributed by atoms with Gasteiger partial charge < -0.3 is 15.1 Å². The molecule has 1 aliphatic heterocycles. The van der Waals surface area contributed by atoms with Crippen molar-refractivity contribution in [2.75, 3.05) is 23.4 Å². The first-order valence-corrected chi connectivity index (χ1v) is 6.84. The summed E-state index contributed by atoms with van der Waals surface area (Å²) >= 11 is 0. The minimum Gasteiger partial charge on any atom is -0.485 e. The molecule has 0 radical (unpaired) electrons. The van der Waals surface area contributed by atoms with Crippen LogP contribution in [0.15, 0.2) is 30.9 Å². The summed E-state index contributed by atoms with van der Waals surface area (Å²) in [5, 5.41) is 9.08. The Hall–Kier alpha value is -2.92. The molecular weight excluding hydrogens is 282 g/mol. The molecule has 0 aromatic carbocycles. The van der Waals surface area contributed by atoms with Crippen molar-refractivity contribution in [3.05, 3.63) is 36.4 Å². The van der Waals surface area contributed by atoms with E-state index in [1.165, 1.54) is 6.33 Å². The predicted octanol–water partition coefficient (Wildman–Crippen LogP) is 0.687. The minimum absolute atomic E-state index is 0.0134. The normalized spacial score (nSPS) is 17.1. The highest BCUT2D eigenvalue weighted by Gasteiger charge is 2.26. The van der Waals surface area contributed by atoms with Crippen LogP contribution >= 0.6 is 0 Å². The topological polar surface area (TPSA) is 113 Å². The van der Waals surface area contributed by atoms with E-state index in [1.807, 2.05) is 0 Å². The van der Waals surface area contributed by atoms with E-state index < -0.39 is 0 Å². The number of hydrogen-bond donors (Lipinski definition) is 2. The second-order valence-corrected chi connectivity index (χ2v) is 4.86. The Labute approximate surface area is 127 Å². The van der Waals surface area contributed by atoms with Gasteiger partial charge in [0.25, 0.3) is 0 Å². The van der Waals surface area contributed by atoms with Crippen molar-refractivity contribution >= 4 is 11.6 Å². The van der Waals surface area contributed by atoms with Crippen LogP contribution in [-0.4, -0.2) is 34.1 Å². The first kappa shape index (κ1) is 14.0. The highest BCUT2D eigenvalue weighted by molar-refractivity contribution is 5.48. The average Bonchev–Trinajstić information content (AvgIpc) is 3.04. The lowest BCUT2D eigenvalue weighted by molar-refractivity contribution is 0.223. The molecule has 2 aromatic heterocycles. The van der Waals surface area contributed by atoms with Gasteiger partial charge in [-0.15, -0.1) is 0 Å². The van der Waals surface area contributed by atoms with Crippen LogP contribution in [0, 0.1) is 11.3 Å². The molecule has 3 heterocycles. The quantitative estimate of drug-likeness (QED) is 0.626. The Kier molecular flexibility index (Phi) is 3.98. The summed E-state index contributed by atoms with van der Waals surface area (Å²) in [6, 6.07) is 5.54. The monoisotopic (exact) mass is 297 g/mol. The third kappa shape index (κ3) is 2.89. The molecule has 0 amide bonds. The van der Waals surface area contributed by atoms with Crippen LogP contribution in [0.3, 0.4) is 0 Å². The summed E-state index contributed by atoms with van der Waals surface area (Å²) in [5.41, 5.74) is 2.99. The van der Waals surface area contributed by atoms with E-state index in [4.69, 9.17) is 15.8 Å². The molecular formula is C14H15N7O. The van der Waals surface area contributed by atoms with E-state index in [0.29, 0.717) is 23.7 Å². The lowest BCUT2D eigenvalue weighted by Gasteiger charge is -2.18. The second-order valence-electron chi connectivity index (χ2n) is 4.86. The smallest absolute Gasteiger partial charge is 0.155 e. The van der Waals surface area contributed by atoms with Gasteiger partial charge in [0, 0.05) is 25.2 Å². The van der Waals surface area contributed by atoms with Gasteiger partial charge >= 0.3 is 0 Å². The number of rotatable bonds is 4. The molecule has 0 spiro atoms. The molecule has 1 fully saturated rings. The number of aromatic nitrogens is 3. The lowest BCUT2D eigenvalue weighted by Crippen LogP contribution is -2.25. The zero-order chi connectivity index (χ0) is 15.4. The van der Waals surface area contributed by atoms with Crippen molar-refractivity contribution in [2.45, 2.75) is 12.5 Å². The first-order chi connectivity index (χ1) is 10.8. The van der Waals surface area contributed by atoms with Gasteiger partial charge in [0.1, 0.15) is 30.1 Å². The summed E-state index contributed by atoms with van der Waals surface area (Å²) in [5.74, 6) is 7.23. The van der Waals surface area contributed by atoms with Crippen LogP contribution in [0.2, 0.25) is 0 Å². The number of nitriles is 1. The van der Waals surface area contributed by atoms with E-state index in [1.54, 1.807) is 24.5 Å². The highest BCUT2D eigenvalue weighted by Crippen LogP contribution is 2.24. The Bertz CT molecular complexity index is 700. The number of ether oxygens (including phenoxy) is 1. The van der Waals surface area contributed by atoms with Gasteiger partial charge in [-0.05, 0) is 6.07 Å². The summed E-state index contributed by atoms with van der Waals surface area (Å²) in [6.45, 7) is 1.49. The van der Waals surface area contributed by atoms with Crippen molar-refractivity contribution in [3.63, 3.8) is 0 Å². The highest BCUT2D eigenvalue weighted by atomic mass is 16.5. The zero-order valence-corrected chi connectivity index (χ0v) is 11.8. The fraction of sp³-hybridized carbons (Fsp3) is 0.286. The minimum atomic E-state index is -0.0134. The van der Waals surface area contributed by atoms with E-state index >= 15 is 0 Å². The number of anilines is 2. The van der Waals surface area contributed by atoms with Gasteiger partial charge in [-0.3, -0.25) is 4.98 Å². The second kappa shape index (κ2) is 6.24. The fourth-order valence-electron chi connectivity index (χ4n) is 2.38. The van der Waals surface area contributed by atoms with E-state index in [-0.39, 0.29) is 6.10 Å². The number of nitrogens with two attached hydrogens (primary N) is 1. The summed E-state index contributed by atoms with van der Waals surface area (Å²) in [6.07, 6.45) is 5.44. The molecule has 0 saturated carbocycles. The third-order valence-corrected chi connectivity index (χ3v) is 3.47. The van der Waals surface area contributed by atoms with Crippen LogP contribution in [0.25, 0.3) is 0 Å². The standard InChI is InChI=1S/C14H15N7O/c15-6-10-1-3-17-7-12(10)22-11-2-4-21(8-11)14-5-13(20-16)18-9-19-14/h1,3,5,7,9,11H,2,4,8,16H2,(H,18,19,20)/t11-/m0/s1. The van der Waals surface area contributed by atoms with Crippen molar-refractivity contribution in [2.24, 2.45) is 5.84 Å². The van der Waals surface area contributed by atoms with Crippen LogP contribution in [0.5, 0.6) is 5.75 Å². The molecule has 1 saturated heterocycles. The van der Waals surface area contributed by atoms with Crippen molar-refractivity contribution in [3.8, 4) is 11.8 Å². The average molecular weight is 297 g/mol. The molecule has 112 valence electrons. The van der Waals surface area contributed by atoms with E-state index in [9.17, 15) is 0 Å². The van der Waals surface area contributed by atoms with E-state index in [2.05, 4.69) is 31.3 Å². The number of hydrazine groups is 1. The fourth-order valence-corrected chi connectivity index (χ4v) is 2.38. The third-order valence-electron chi connectivity index (χ3n) is 3.47. The maximum Gasteiger partial charge on any atom is 0.155 e. The molecule has 1 aliphatic rings. The zero-order valence-electron chi connectivity index (χ0n) is 11.8. The SMILES string of the molecule is N#Cc1ccncc1O[C@H]1CCN(c2cc(NN)ncn2)C1. The number of nitrogens with one attached hydrogen (secondary N) is 1. The molecule has 22 heavy (non-hydrogen) atoms. The number of pyridine rings is 1. The first-order valence-electron chi connectivity index (χ1n) is 6.84. The predicted molar refractivity (Wildman–Crippen MR) is 80.0 cm³/mol. The molecule has 3 rings (SSSR count). The Balaban J connectivity index is 1.68. The van der Waals surface area contributed by atoms with Gasteiger partial charge in [0.15, 0.2) is 5.75 Å². The molecule has 0 unspecified atom stereocenters. The summed E-state index contributed by atoms with van der Waals surface area (Å²) in [7, 11) is 0. The molecule has 2 aromatic rings. The van der Waals surface area contributed by atoms with Crippen molar-refractivity contribution < 1.29 is 4.74 Å². The van der Waals surface area contributed by atoms with Crippen molar-refractivity contribution in [1.82, 2.24) is 15.0 Å². The van der Waals surface area contributed by atoms with Gasteiger partial charge in [-0.25, -0.2) is 15.8 Å². The molecule has 3 N–H and O–H groups in total. The van der Waals surface area contributed by atoms with Gasteiger partial charge in [-0.2, -0.15) is 5.26 Å². The molecule has 8 heteroatoms.